The summed E-state index contributed by atoms with van der Waals surface area (Å²) in [6.07, 6.45) is 1.21. The molecule has 1 aliphatic rings. The van der Waals surface area contributed by atoms with Gasteiger partial charge < -0.3 is 14.8 Å². The molecular formula is C13H11F2N3O2. The number of fused-ring (bicyclic) bond motifs is 1. The first-order chi connectivity index (χ1) is 9.53. The van der Waals surface area contributed by atoms with Crippen LogP contribution in [0.1, 0.15) is 18.7 Å². The molecule has 0 saturated heterocycles. The van der Waals surface area contributed by atoms with Crippen LogP contribution in [0, 0.1) is 0 Å². The summed E-state index contributed by atoms with van der Waals surface area (Å²) in [5.74, 6) is 0.0269. The number of anilines is 1. The van der Waals surface area contributed by atoms with Crippen molar-refractivity contribution in [1.29, 1.82) is 0 Å². The number of alkyl halides is 2. The number of aromatic nitrogens is 2. The molecule has 5 nitrogen and oxygen atoms in total. The average molecular weight is 279 g/mol. The van der Waals surface area contributed by atoms with Crippen molar-refractivity contribution < 1.29 is 18.3 Å². The van der Waals surface area contributed by atoms with E-state index in [0.717, 1.165) is 5.69 Å². The largest absolute Gasteiger partial charge is 0.586 e. The first kappa shape index (κ1) is 12.6. The van der Waals surface area contributed by atoms with Crippen molar-refractivity contribution in [3.8, 4) is 11.5 Å². The topological polar surface area (TPSA) is 56.3 Å². The molecule has 0 spiro atoms. The maximum atomic E-state index is 12.9. The molecule has 1 unspecified atom stereocenters. The number of nitrogens with zero attached hydrogens (tertiary/aromatic N) is 2. The van der Waals surface area contributed by atoms with Crippen LogP contribution in [0.15, 0.2) is 36.8 Å². The van der Waals surface area contributed by atoms with E-state index in [1.165, 1.54) is 12.1 Å². The molecule has 1 aromatic carbocycles. The highest BCUT2D eigenvalue weighted by atomic mass is 19.3. The Labute approximate surface area is 113 Å². The van der Waals surface area contributed by atoms with Gasteiger partial charge in [0.1, 0.15) is 0 Å². The van der Waals surface area contributed by atoms with Gasteiger partial charge in [0.15, 0.2) is 11.5 Å². The lowest BCUT2D eigenvalue weighted by molar-refractivity contribution is -0.286. The highest BCUT2D eigenvalue weighted by molar-refractivity contribution is 5.56. The Balaban J connectivity index is 1.77. The van der Waals surface area contributed by atoms with E-state index in [1.807, 2.05) is 6.92 Å². The van der Waals surface area contributed by atoms with Crippen LogP contribution in [0.5, 0.6) is 11.5 Å². The average Bonchev–Trinajstić information content (AvgIpc) is 2.73. The monoisotopic (exact) mass is 279 g/mol. The van der Waals surface area contributed by atoms with Crippen LogP contribution in [0.25, 0.3) is 0 Å². The van der Waals surface area contributed by atoms with E-state index >= 15 is 0 Å². The van der Waals surface area contributed by atoms with Gasteiger partial charge in [-0.05, 0) is 19.1 Å². The van der Waals surface area contributed by atoms with Gasteiger partial charge in [0.2, 0.25) is 0 Å². The third kappa shape index (κ3) is 2.47. The van der Waals surface area contributed by atoms with Crippen LogP contribution in [0.3, 0.4) is 0 Å². The Morgan fingerprint density at radius 2 is 2.00 bits per heavy atom. The summed E-state index contributed by atoms with van der Waals surface area (Å²) in [6, 6.07) is 4.41. The van der Waals surface area contributed by atoms with Gasteiger partial charge in [0.25, 0.3) is 0 Å². The molecule has 1 N–H and O–H groups in total. The van der Waals surface area contributed by atoms with Crippen molar-refractivity contribution in [2.45, 2.75) is 19.3 Å². The lowest BCUT2D eigenvalue weighted by Gasteiger charge is -2.14. The Bertz CT molecular complexity index is 622. The number of hydrogen-bond acceptors (Lipinski definition) is 5. The second-order valence-electron chi connectivity index (χ2n) is 4.33. The van der Waals surface area contributed by atoms with E-state index in [0.29, 0.717) is 5.69 Å². The summed E-state index contributed by atoms with van der Waals surface area (Å²) in [6.45, 7) is 1.89. The standard InChI is InChI=1S/C13H11F2N3O2/c1-8(10-7-16-4-5-17-10)18-9-2-3-11-12(6-9)20-13(14,15)19-11/h2-8,18H,1H3. The summed E-state index contributed by atoms with van der Waals surface area (Å²) >= 11 is 0. The predicted octanol–water partition coefficient (Wildman–Crippen LogP) is 2.97. The molecule has 0 bridgehead atoms. The highest BCUT2D eigenvalue weighted by Crippen LogP contribution is 2.42. The second-order valence-corrected chi connectivity index (χ2v) is 4.33. The quantitative estimate of drug-likeness (QED) is 0.936. The molecule has 0 amide bonds. The summed E-state index contributed by atoms with van der Waals surface area (Å²) in [5, 5.41) is 3.13. The number of nitrogens with one attached hydrogen (secondary N) is 1. The Kier molecular flexibility index (Phi) is 2.89. The van der Waals surface area contributed by atoms with E-state index < -0.39 is 6.29 Å². The third-order valence-corrected chi connectivity index (χ3v) is 2.81. The molecule has 7 heteroatoms. The van der Waals surface area contributed by atoms with Gasteiger partial charge in [-0.2, -0.15) is 0 Å². The minimum Gasteiger partial charge on any atom is -0.395 e. The van der Waals surface area contributed by atoms with Crippen LogP contribution in [0.4, 0.5) is 14.5 Å². The molecule has 1 aromatic heterocycles. The van der Waals surface area contributed by atoms with Crippen molar-refractivity contribution in [2.24, 2.45) is 0 Å². The Morgan fingerprint density at radius 1 is 1.20 bits per heavy atom. The van der Waals surface area contributed by atoms with Gasteiger partial charge in [-0.3, -0.25) is 9.97 Å². The molecule has 0 radical (unpaired) electrons. The number of rotatable bonds is 3. The summed E-state index contributed by atoms with van der Waals surface area (Å²) in [7, 11) is 0. The van der Waals surface area contributed by atoms with Gasteiger partial charge in [-0.25, -0.2) is 0 Å². The maximum absolute atomic E-state index is 12.9. The van der Waals surface area contributed by atoms with Crippen molar-refractivity contribution in [3.05, 3.63) is 42.5 Å². The van der Waals surface area contributed by atoms with Crippen LogP contribution in [0.2, 0.25) is 0 Å². The molecule has 0 fully saturated rings. The fraction of sp³-hybridized carbons (Fsp3) is 0.231. The fourth-order valence-corrected chi connectivity index (χ4v) is 1.90. The van der Waals surface area contributed by atoms with Gasteiger partial charge in [-0.15, -0.1) is 8.78 Å². The molecule has 2 heterocycles. The van der Waals surface area contributed by atoms with E-state index in [9.17, 15) is 8.78 Å². The van der Waals surface area contributed by atoms with Gasteiger partial charge in [0, 0.05) is 24.1 Å². The minimum atomic E-state index is -3.60. The van der Waals surface area contributed by atoms with Crippen LogP contribution in [-0.4, -0.2) is 16.3 Å². The van der Waals surface area contributed by atoms with Crippen molar-refractivity contribution in [1.82, 2.24) is 9.97 Å². The molecule has 20 heavy (non-hydrogen) atoms. The predicted molar refractivity (Wildman–Crippen MR) is 66.7 cm³/mol. The first-order valence-electron chi connectivity index (χ1n) is 5.96. The highest BCUT2D eigenvalue weighted by Gasteiger charge is 2.43. The molecule has 104 valence electrons. The zero-order chi connectivity index (χ0) is 14.2. The van der Waals surface area contributed by atoms with Gasteiger partial charge in [0.05, 0.1) is 17.9 Å². The van der Waals surface area contributed by atoms with E-state index in [2.05, 4.69) is 24.8 Å². The second kappa shape index (κ2) is 4.59. The van der Waals surface area contributed by atoms with Crippen molar-refractivity contribution in [2.75, 3.05) is 5.32 Å². The van der Waals surface area contributed by atoms with Crippen LogP contribution >= 0.6 is 0 Å². The Morgan fingerprint density at radius 3 is 2.75 bits per heavy atom. The summed E-state index contributed by atoms with van der Waals surface area (Å²) in [4.78, 5) is 8.15. The summed E-state index contributed by atoms with van der Waals surface area (Å²) in [5.41, 5.74) is 1.37. The summed E-state index contributed by atoms with van der Waals surface area (Å²) < 4.78 is 34.6. The zero-order valence-electron chi connectivity index (χ0n) is 10.5. The van der Waals surface area contributed by atoms with Crippen molar-refractivity contribution in [3.63, 3.8) is 0 Å². The number of ether oxygens (including phenoxy) is 2. The normalized spacial score (nSPS) is 16.8. The molecule has 1 aliphatic heterocycles. The third-order valence-electron chi connectivity index (χ3n) is 2.81. The molecule has 0 aliphatic carbocycles. The van der Waals surface area contributed by atoms with E-state index in [4.69, 9.17) is 0 Å². The molecule has 3 rings (SSSR count). The Hall–Kier alpha value is -2.44. The fourth-order valence-electron chi connectivity index (χ4n) is 1.90. The molecule has 2 aromatic rings. The van der Waals surface area contributed by atoms with Gasteiger partial charge in [-0.1, -0.05) is 0 Å². The van der Waals surface area contributed by atoms with Crippen LogP contribution in [-0.2, 0) is 0 Å². The van der Waals surface area contributed by atoms with E-state index in [-0.39, 0.29) is 17.5 Å². The molecular weight excluding hydrogens is 268 g/mol. The molecule has 0 saturated carbocycles. The minimum absolute atomic E-state index is 0.00588. The number of benzene rings is 1. The van der Waals surface area contributed by atoms with Crippen molar-refractivity contribution >= 4 is 5.69 Å². The maximum Gasteiger partial charge on any atom is 0.586 e. The number of halogens is 2. The SMILES string of the molecule is CC(Nc1ccc2c(c1)OC(F)(F)O2)c1cnccn1. The lowest BCUT2D eigenvalue weighted by atomic mass is 10.2. The smallest absolute Gasteiger partial charge is 0.395 e. The number of hydrogen-bond donors (Lipinski definition) is 1. The molecule has 1 atom stereocenters. The lowest BCUT2D eigenvalue weighted by Crippen LogP contribution is -2.25. The van der Waals surface area contributed by atoms with E-state index in [1.54, 1.807) is 24.7 Å². The van der Waals surface area contributed by atoms with Gasteiger partial charge >= 0.3 is 6.29 Å². The first-order valence-corrected chi connectivity index (χ1v) is 5.96. The van der Waals surface area contributed by atoms with Crippen LogP contribution < -0.4 is 14.8 Å². The zero-order valence-corrected chi connectivity index (χ0v) is 10.5.